The van der Waals surface area contributed by atoms with E-state index in [9.17, 15) is 4.79 Å². The summed E-state index contributed by atoms with van der Waals surface area (Å²) in [6, 6.07) is 0. The quantitative estimate of drug-likeness (QED) is 0.491. The molecule has 1 unspecified atom stereocenters. The summed E-state index contributed by atoms with van der Waals surface area (Å²) in [6.07, 6.45) is 1.67. The van der Waals surface area contributed by atoms with E-state index in [0.29, 0.717) is 12.3 Å². The van der Waals surface area contributed by atoms with Crippen LogP contribution in [0.5, 0.6) is 0 Å². The number of hydrazone groups is 1. The second kappa shape index (κ2) is 2.62. The van der Waals surface area contributed by atoms with E-state index in [0.717, 1.165) is 25.2 Å². The molecule has 2 heterocycles. The number of nitrogens with zero attached hydrogens (tertiary/aromatic N) is 1. The first-order chi connectivity index (χ1) is 5.36. The Morgan fingerprint density at radius 3 is 3.36 bits per heavy atom. The molecule has 2 aliphatic heterocycles. The van der Waals surface area contributed by atoms with Crippen LogP contribution in [0.1, 0.15) is 12.8 Å². The first-order valence-corrected chi connectivity index (χ1v) is 3.92. The van der Waals surface area contributed by atoms with Crippen LogP contribution in [0.25, 0.3) is 0 Å². The highest BCUT2D eigenvalue weighted by Gasteiger charge is 2.26. The number of hydrogen-bond acceptors (Lipinski definition) is 3. The second-order valence-corrected chi connectivity index (χ2v) is 3.00. The molecular weight excluding hydrogens is 142 g/mol. The van der Waals surface area contributed by atoms with Gasteiger partial charge in [-0.05, 0) is 13.0 Å². The lowest BCUT2D eigenvalue weighted by Crippen LogP contribution is -2.43. The van der Waals surface area contributed by atoms with Crippen molar-refractivity contribution in [1.29, 1.82) is 0 Å². The number of nitrogens with one attached hydrogen (secondary N) is 2. The predicted octanol–water partition coefficient (Wildman–Crippen LogP) is -0.528. The Labute approximate surface area is 65.0 Å². The minimum atomic E-state index is 0.0562. The molecule has 11 heavy (non-hydrogen) atoms. The molecule has 2 aliphatic rings. The summed E-state index contributed by atoms with van der Waals surface area (Å²) >= 11 is 0. The summed E-state index contributed by atoms with van der Waals surface area (Å²) in [5.41, 5.74) is 3.60. The van der Waals surface area contributed by atoms with Crippen LogP contribution in [0.3, 0.4) is 0 Å². The van der Waals surface area contributed by atoms with Crippen LogP contribution < -0.4 is 10.7 Å². The number of rotatable bonds is 0. The predicted molar refractivity (Wildman–Crippen MR) is 41.2 cm³/mol. The van der Waals surface area contributed by atoms with Crippen LogP contribution in [0.2, 0.25) is 0 Å². The van der Waals surface area contributed by atoms with Gasteiger partial charge in [0.15, 0.2) is 0 Å². The fourth-order valence-electron chi connectivity index (χ4n) is 1.56. The van der Waals surface area contributed by atoms with Crippen molar-refractivity contribution in [2.45, 2.75) is 12.8 Å². The number of carbonyl (C=O) groups is 1. The van der Waals surface area contributed by atoms with Crippen molar-refractivity contribution < 1.29 is 4.79 Å². The van der Waals surface area contributed by atoms with Gasteiger partial charge in [0.2, 0.25) is 5.91 Å². The fraction of sp³-hybridized carbons (Fsp3) is 0.714. The number of piperidine rings is 1. The van der Waals surface area contributed by atoms with Gasteiger partial charge in [0.05, 0.1) is 5.71 Å². The van der Waals surface area contributed by atoms with Gasteiger partial charge in [0.1, 0.15) is 0 Å². The van der Waals surface area contributed by atoms with Crippen molar-refractivity contribution in [3.8, 4) is 0 Å². The third-order valence-corrected chi connectivity index (χ3v) is 2.20. The molecule has 0 aromatic rings. The summed E-state index contributed by atoms with van der Waals surface area (Å²) in [6.45, 7) is 1.85. The Kier molecular flexibility index (Phi) is 1.62. The first-order valence-electron chi connectivity index (χ1n) is 3.92. The number of amides is 1. The maximum absolute atomic E-state index is 10.9. The molecule has 0 aromatic carbocycles. The molecule has 0 saturated carbocycles. The van der Waals surface area contributed by atoms with E-state index in [1.807, 2.05) is 0 Å². The smallest absolute Gasteiger partial charge is 0.240 e. The SMILES string of the molecule is O=C1CC2CCNCC2=NN1. The van der Waals surface area contributed by atoms with E-state index >= 15 is 0 Å². The van der Waals surface area contributed by atoms with Crippen LogP contribution in [0.15, 0.2) is 5.10 Å². The van der Waals surface area contributed by atoms with Gasteiger partial charge in [0, 0.05) is 18.9 Å². The molecule has 0 aromatic heterocycles. The largest absolute Gasteiger partial charge is 0.311 e. The standard InChI is InChI=1S/C7H11N3O/c11-7-3-5-1-2-8-4-6(5)9-10-7/h5,8H,1-4H2,(H,10,11). The molecule has 1 atom stereocenters. The molecule has 0 bridgehead atoms. The van der Waals surface area contributed by atoms with Crippen molar-refractivity contribution in [3.05, 3.63) is 0 Å². The maximum atomic E-state index is 10.9. The van der Waals surface area contributed by atoms with Gasteiger partial charge in [-0.3, -0.25) is 4.79 Å². The van der Waals surface area contributed by atoms with Gasteiger partial charge in [-0.1, -0.05) is 0 Å². The van der Waals surface area contributed by atoms with Gasteiger partial charge in [-0.2, -0.15) is 5.10 Å². The molecule has 0 radical (unpaired) electrons. The van der Waals surface area contributed by atoms with Crippen molar-refractivity contribution >= 4 is 11.6 Å². The minimum Gasteiger partial charge on any atom is -0.311 e. The zero-order chi connectivity index (χ0) is 7.68. The van der Waals surface area contributed by atoms with Crippen molar-refractivity contribution in [2.24, 2.45) is 11.0 Å². The third-order valence-electron chi connectivity index (χ3n) is 2.20. The molecule has 0 spiro atoms. The van der Waals surface area contributed by atoms with Crippen molar-refractivity contribution in [2.75, 3.05) is 13.1 Å². The highest BCUT2D eigenvalue weighted by Crippen LogP contribution is 2.16. The van der Waals surface area contributed by atoms with Crippen molar-refractivity contribution in [1.82, 2.24) is 10.7 Å². The molecule has 2 N–H and O–H groups in total. The van der Waals surface area contributed by atoms with Crippen LogP contribution >= 0.6 is 0 Å². The summed E-state index contributed by atoms with van der Waals surface area (Å²) in [4.78, 5) is 10.9. The molecule has 1 fully saturated rings. The number of carbonyl (C=O) groups excluding carboxylic acids is 1. The lowest BCUT2D eigenvalue weighted by molar-refractivity contribution is -0.122. The average molecular weight is 153 g/mol. The molecule has 0 aliphatic carbocycles. The maximum Gasteiger partial charge on any atom is 0.240 e. The van der Waals surface area contributed by atoms with Crippen LogP contribution in [0, 0.1) is 5.92 Å². The summed E-state index contributed by atoms with van der Waals surface area (Å²) in [7, 11) is 0. The fourth-order valence-corrected chi connectivity index (χ4v) is 1.56. The molecule has 60 valence electrons. The van der Waals surface area contributed by atoms with E-state index in [1.165, 1.54) is 0 Å². The van der Waals surface area contributed by atoms with Crippen LogP contribution in [-0.2, 0) is 4.79 Å². The van der Waals surface area contributed by atoms with Gasteiger partial charge in [-0.15, -0.1) is 0 Å². The number of hydrogen-bond donors (Lipinski definition) is 2. The molecular formula is C7H11N3O. The van der Waals surface area contributed by atoms with Crippen LogP contribution in [-0.4, -0.2) is 24.7 Å². The highest BCUT2D eigenvalue weighted by molar-refractivity contribution is 5.96. The molecule has 1 saturated heterocycles. The van der Waals surface area contributed by atoms with E-state index in [4.69, 9.17) is 0 Å². The molecule has 1 amide bonds. The van der Waals surface area contributed by atoms with E-state index < -0.39 is 0 Å². The number of fused-ring (bicyclic) bond motifs is 1. The third kappa shape index (κ3) is 1.26. The lowest BCUT2D eigenvalue weighted by atomic mass is 9.91. The molecule has 4 heteroatoms. The van der Waals surface area contributed by atoms with Gasteiger partial charge in [-0.25, -0.2) is 5.43 Å². The van der Waals surface area contributed by atoms with Gasteiger partial charge >= 0.3 is 0 Å². The van der Waals surface area contributed by atoms with E-state index in [2.05, 4.69) is 15.8 Å². The normalized spacial score (nSPS) is 30.4. The van der Waals surface area contributed by atoms with Gasteiger partial charge < -0.3 is 5.32 Å². The summed E-state index contributed by atoms with van der Waals surface area (Å²) < 4.78 is 0. The summed E-state index contributed by atoms with van der Waals surface area (Å²) in [5, 5.41) is 7.20. The minimum absolute atomic E-state index is 0.0562. The Hall–Kier alpha value is -0.900. The van der Waals surface area contributed by atoms with Crippen LogP contribution in [0.4, 0.5) is 0 Å². The van der Waals surface area contributed by atoms with E-state index in [1.54, 1.807) is 0 Å². The van der Waals surface area contributed by atoms with Crippen molar-refractivity contribution in [3.63, 3.8) is 0 Å². The Balaban J connectivity index is 2.14. The Morgan fingerprint density at radius 2 is 2.45 bits per heavy atom. The monoisotopic (exact) mass is 153 g/mol. The summed E-state index contributed by atoms with van der Waals surface area (Å²) in [5.74, 6) is 0.464. The zero-order valence-electron chi connectivity index (χ0n) is 6.26. The first kappa shape index (κ1) is 6.79. The Morgan fingerprint density at radius 1 is 1.55 bits per heavy atom. The highest BCUT2D eigenvalue weighted by atomic mass is 16.2. The average Bonchev–Trinajstić information content (AvgIpc) is 2.04. The van der Waals surface area contributed by atoms with E-state index in [-0.39, 0.29) is 5.91 Å². The molecule has 2 rings (SSSR count). The molecule has 4 nitrogen and oxygen atoms in total. The topological polar surface area (TPSA) is 53.5 Å². The second-order valence-electron chi connectivity index (χ2n) is 3.00. The lowest BCUT2D eigenvalue weighted by Gasteiger charge is -2.27. The Bertz CT molecular complexity index is 212. The van der Waals surface area contributed by atoms with Gasteiger partial charge in [0.25, 0.3) is 0 Å². The zero-order valence-corrected chi connectivity index (χ0v) is 6.26.